The van der Waals surface area contributed by atoms with E-state index in [0.29, 0.717) is 5.75 Å². The number of pyridine rings is 1. The molecule has 0 unspecified atom stereocenters. The molecule has 0 atom stereocenters. The number of ether oxygens (including phenoxy) is 1. The molecule has 0 aliphatic heterocycles. The Morgan fingerprint density at radius 2 is 2.25 bits per heavy atom. The molecule has 1 N–H and O–H groups in total. The lowest BCUT2D eigenvalue weighted by atomic mass is 10.3. The third kappa shape index (κ3) is 2.24. The highest BCUT2D eigenvalue weighted by molar-refractivity contribution is 5.87. The molecule has 1 heterocycles. The number of anilines is 1. The molecule has 0 saturated heterocycles. The molecule has 16 heavy (non-hydrogen) atoms. The summed E-state index contributed by atoms with van der Waals surface area (Å²) in [4.78, 5) is 16.5. The Balaban J connectivity index is 2.31. The van der Waals surface area contributed by atoms with Gasteiger partial charge in [-0.2, -0.15) is 0 Å². The average molecular weight is 222 g/mol. The maximum absolute atomic E-state index is 10.8. The van der Waals surface area contributed by atoms with Crippen molar-refractivity contribution in [1.29, 1.82) is 0 Å². The van der Waals surface area contributed by atoms with Crippen LogP contribution in [0.4, 0.5) is 5.69 Å². The van der Waals surface area contributed by atoms with Crippen molar-refractivity contribution in [2.24, 2.45) is 0 Å². The number of rotatable bonds is 4. The Morgan fingerprint density at radius 3 is 2.75 bits per heavy atom. The average Bonchev–Trinajstić information content (AvgIpc) is 3.01. The summed E-state index contributed by atoms with van der Waals surface area (Å²) in [5.41, 5.74) is 0.783. The third-order valence-corrected chi connectivity index (χ3v) is 2.37. The van der Waals surface area contributed by atoms with Crippen LogP contribution in [0.15, 0.2) is 12.3 Å². The molecule has 1 aliphatic rings. The first-order chi connectivity index (χ1) is 7.58. The van der Waals surface area contributed by atoms with E-state index in [1.54, 1.807) is 0 Å². The van der Waals surface area contributed by atoms with Gasteiger partial charge in [-0.1, -0.05) is 0 Å². The van der Waals surface area contributed by atoms with E-state index in [-0.39, 0.29) is 11.8 Å². The predicted octanol–water partition coefficient (Wildman–Crippen LogP) is 1.39. The summed E-state index contributed by atoms with van der Waals surface area (Å²) >= 11 is 0. The van der Waals surface area contributed by atoms with Crippen LogP contribution in [0.25, 0.3) is 0 Å². The van der Waals surface area contributed by atoms with Crippen LogP contribution in [0.1, 0.15) is 23.3 Å². The van der Waals surface area contributed by atoms with Gasteiger partial charge in [-0.05, 0) is 18.9 Å². The zero-order chi connectivity index (χ0) is 11.7. The maximum Gasteiger partial charge on any atom is 0.354 e. The normalized spacial score (nSPS) is 14.6. The molecule has 0 amide bonds. The van der Waals surface area contributed by atoms with Crippen LogP contribution in [0.5, 0.6) is 5.75 Å². The fourth-order valence-electron chi connectivity index (χ4n) is 1.35. The van der Waals surface area contributed by atoms with E-state index in [1.807, 2.05) is 19.0 Å². The molecule has 1 aromatic rings. The molecule has 1 aliphatic carbocycles. The van der Waals surface area contributed by atoms with Gasteiger partial charge in [0.25, 0.3) is 0 Å². The molecule has 0 radical (unpaired) electrons. The van der Waals surface area contributed by atoms with Gasteiger partial charge in [-0.25, -0.2) is 9.78 Å². The molecule has 0 spiro atoms. The number of aromatic nitrogens is 1. The topological polar surface area (TPSA) is 62.7 Å². The van der Waals surface area contributed by atoms with Crippen molar-refractivity contribution in [1.82, 2.24) is 4.98 Å². The monoisotopic (exact) mass is 222 g/mol. The number of hydrogen-bond donors (Lipinski definition) is 1. The molecule has 5 heteroatoms. The number of carboxylic acids is 1. The first-order valence-electron chi connectivity index (χ1n) is 5.15. The largest absolute Gasteiger partial charge is 0.487 e. The minimum Gasteiger partial charge on any atom is -0.487 e. The lowest BCUT2D eigenvalue weighted by Gasteiger charge is -2.17. The number of carbonyl (C=O) groups is 1. The second kappa shape index (κ2) is 4.00. The Morgan fingerprint density at radius 1 is 1.56 bits per heavy atom. The highest BCUT2D eigenvalue weighted by Crippen LogP contribution is 2.33. The molecular formula is C11H14N2O3. The van der Waals surface area contributed by atoms with Crippen molar-refractivity contribution in [3.8, 4) is 5.75 Å². The van der Waals surface area contributed by atoms with Crippen molar-refractivity contribution in [2.45, 2.75) is 18.9 Å². The molecule has 1 aromatic heterocycles. The van der Waals surface area contributed by atoms with Crippen LogP contribution in [0.2, 0.25) is 0 Å². The Bertz CT molecular complexity index is 414. The van der Waals surface area contributed by atoms with E-state index in [2.05, 4.69) is 4.98 Å². The van der Waals surface area contributed by atoms with Gasteiger partial charge in [0.15, 0.2) is 11.4 Å². The minimum atomic E-state index is -1.03. The molecule has 0 bridgehead atoms. The van der Waals surface area contributed by atoms with E-state index < -0.39 is 5.97 Å². The van der Waals surface area contributed by atoms with Gasteiger partial charge >= 0.3 is 5.97 Å². The summed E-state index contributed by atoms with van der Waals surface area (Å²) in [6.07, 6.45) is 3.88. The highest BCUT2D eigenvalue weighted by atomic mass is 16.5. The van der Waals surface area contributed by atoms with Crippen LogP contribution >= 0.6 is 0 Å². The van der Waals surface area contributed by atoms with Crippen LogP contribution in [-0.4, -0.2) is 36.3 Å². The number of hydrogen-bond acceptors (Lipinski definition) is 4. The summed E-state index contributed by atoms with van der Waals surface area (Å²) in [5.74, 6) is -0.376. The van der Waals surface area contributed by atoms with Gasteiger partial charge in [0, 0.05) is 14.1 Å². The van der Waals surface area contributed by atoms with Crippen molar-refractivity contribution >= 4 is 11.7 Å². The smallest absolute Gasteiger partial charge is 0.354 e. The van der Waals surface area contributed by atoms with Crippen LogP contribution in [-0.2, 0) is 0 Å². The molecule has 1 saturated carbocycles. The molecule has 5 nitrogen and oxygen atoms in total. The van der Waals surface area contributed by atoms with Gasteiger partial charge in [-0.3, -0.25) is 0 Å². The van der Waals surface area contributed by atoms with Gasteiger partial charge < -0.3 is 14.7 Å². The molecule has 0 aromatic carbocycles. The van der Waals surface area contributed by atoms with Gasteiger partial charge in [0.1, 0.15) is 0 Å². The molecule has 86 valence electrons. The number of carboxylic acid groups (broad SMARTS) is 1. The van der Waals surface area contributed by atoms with Crippen LogP contribution < -0.4 is 9.64 Å². The van der Waals surface area contributed by atoms with Crippen LogP contribution in [0, 0.1) is 0 Å². The van der Waals surface area contributed by atoms with Crippen molar-refractivity contribution in [3.63, 3.8) is 0 Å². The maximum atomic E-state index is 10.8. The van der Waals surface area contributed by atoms with Gasteiger partial charge in [0.05, 0.1) is 18.0 Å². The molecular weight excluding hydrogens is 208 g/mol. The lowest BCUT2D eigenvalue weighted by Crippen LogP contribution is -2.13. The quantitative estimate of drug-likeness (QED) is 0.834. The first-order valence-corrected chi connectivity index (χ1v) is 5.15. The summed E-state index contributed by atoms with van der Waals surface area (Å²) in [7, 11) is 3.70. The fraction of sp³-hybridized carbons (Fsp3) is 0.455. The second-order valence-electron chi connectivity index (χ2n) is 4.05. The van der Waals surface area contributed by atoms with Crippen molar-refractivity contribution in [2.75, 3.05) is 19.0 Å². The predicted molar refractivity (Wildman–Crippen MR) is 59.2 cm³/mol. The number of nitrogens with zero attached hydrogens (tertiary/aromatic N) is 2. The Labute approximate surface area is 93.7 Å². The van der Waals surface area contributed by atoms with E-state index in [1.165, 1.54) is 12.3 Å². The third-order valence-electron chi connectivity index (χ3n) is 2.37. The zero-order valence-electron chi connectivity index (χ0n) is 9.30. The first kappa shape index (κ1) is 10.7. The van der Waals surface area contributed by atoms with Crippen molar-refractivity contribution in [3.05, 3.63) is 18.0 Å². The number of aromatic carboxylic acids is 1. The van der Waals surface area contributed by atoms with Crippen molar-refractivity contribution < 1.29 is 14.6 Å². The second-order valence-corrected chi connectivity index (χ2v) is 4.05. The van der Waals surface area contributed by atoms with E-state index in [4.69, 9.17) is 9.84 Å². The van der Waals surface area contributed by atoms with E-state index >= 15 is 0 Å². The zero-order valence-corrected chi connectivity index (χ0v) is 9.30. The summed E-state index contributed by atoms with van der Waals surface area (Å²) < 4.78 is 5.66. The summed E-state index contributed by atoms with van der Waals surface area (Å²) in [6, 6.07) is 1.53. The fourth-order valence-corrected chi connectivity index (χ4v) is 1.35. The molecule has 1 fully saturated rings. The summed E-state index contributed by atoms with van der Waals surface area (Å²) in [6.45, 7) is 0. The lowest BCUT2D eigenvalue weighted by molar-refractivity contribution is 0.0690. The SMILES string of the molecule is CN(C)c1cc(C(=O)O)ncc1OC1CC1. The Hall–Kier alpha value is -1.78. The van der Waals surface area contributed by atoms with E-state index in [9.17, 15) is 4.79 Å². The molecule has 2 rings (SSSR count). The Kier molecular flexibility index (Phi) is 2.68. The standard InChI is InChI=1S/C11H14N2O3/c1-13(2)9-5-8(11(14)15)12-6-10(9)16-7-3-4-7/h5-7H,3-4H2,1-2H3,(H,14,15). The highest BCUT2D eigenvalue weighted by Gasteiger charge is 2.25. The minimum absolute atomic E-state index is 0.0341. The van der Waals surface area contributed by atoms with Gasteiger partial charge in [0.2, 0.25) is 0 Å². The summed E-state index contributed by atoms with van der Waals surface area (Å²) in [5, 5.41) is 8.85. The van der Waals surface area contributed by atoms with Crippen LogP contribution in [0.3, 0.4) is 0 Å². The van der Waals surface area contributed by atoms with E-state index in [0.717, 1.165) is 18.5 Å². The van der Waals surface area contributed by atoms with Gasteiger partial charge in [-0.15, -0.1) is 0 Å².